The Morgan fingerprint density at radius 1 is 1.50 bits per heavy atom. The molecular weight excluding hydrogens is 322 g/mol. The van der Waals surface area contributed by atoms with E-state index in [-0.39, 0.29) is 6.04 Å². The van der Waals surface area contributed by atoms with E-state index in [9.17, 15) is 0 Å². The van der Waals surface area contributed by atoms with E-state index in [1.54, 1.807) is 6.20 Å². The first-order valence-corrected chi connectivity index (χ1v) is 7.40. The van der Waals surface area contributed by atoms with Gasteiger partial charge in [0.15, 0.2) is 0 Å². The van der Waals surface area contributed by atoms with Crippen molar-refractivity contribution in [2.24, 2.45) is 5.84 Å². The van der Waals surface area contributed by atoms with Gasteiger partial charge >= 0.3 is 0 Å². The van der Waals surface area contributed by atoms with Crippen LogP contribution in [0.4, 0.5) is 5.82 Å². The minimum atomic E-state index is -0.114. The quantitative estimate of drug-likeness (QED) is 0.467. The minimum Gasteiger partial charge on any atom is -0.384 e. The maximum absolute atomic E-state index is 5.86. The molecule has 0 bridgehead atoms. The van der Waals surface area contributed by atoms with Crippen LogP contribution < -0.4 is 17.0 Å². The van der Waals surface area contributed by atoms with Crippen molar-refractivity contribution in [2.75, 3.05) is 5.73 Å². The summed E-state index contributed by atoms with van der Waals surface area (Å²) in [6, 6.07) is -0.114. The van der Waals surface area contributed by atoms with E-state index in [1.807, 2.05) is 4.68 Å². The van der Waals surface area contributed by atoms with E-state index < -0.39 is 0 Å². The van der Waals surface area contributed by atoms with Crippen LogP contribution in [-0.2, 0) is 19.4 Å². The smallest absolute Gasteiger partial charge is 0.123 e. The normalized spacial score (nSPS) is 12.8. The maximum atomic E-state index is 5.86. The first-order chi connectivity index (χ1) is 9.62. The van der Waals surface area contributed by atoms with Crippen LogP contribution in [0.25, 0.3) is 0 Å². The molecule has 0 fully saturated rings. The van der Waals surface area contributed by atoms with Gasteiger partial charge in [0.05, 0.1) is 28.1 Å². The van der Waals surface area contributed by atoms with Gasteiger partial charge in [0.1, 0.15) is 5.82 Å². The highest BCUT2D eigenvalue weighted by molar-refractivity contribution is 9.10. The van der Waals surface area contributed by atoms with Gasteiger partial charge in [-0.2, -0.15) is 10.2 Å². The third kappa shape index (κ3) is 2.72. The number of H-pyrrole nitrogens is 1. The Labute approximate surface area is 126 Å². The summed E-state index contributed by atoms with van der Waals surface area (Å²) in [5, 5.41) is 11.3. The number of aromatic amines is 1. The number of hydrazine groups is 1. The standard InChI is InChI=1S/C12H20BrN7/c1-3-8-11(13)10(20(4-2)19-8)5-9(17-15)7-6-16-18-12(7)14/h6,9,17H,3-5,15H2,1-2H3,(H3,14,16,18). The molecule has 2 aromatic heterocycles. The molecule has 2 rings (SSSR count). The molecule has 1 atom stereocenters. The number of hydrogen-bond donors (Lipinski definition) is 4. The molecular formula is C12H20BrN7. The topological polar surface area (TPSA) is 111 Å². The second kappa shape index (κ2) is 6.38. The minimum absolute atomic E-state index is 0.114. The molecule has 20 heavy (non-hydrogen) atoms. The van der Waals surface area contributed by atoms with Crippen molar-refractivity contribution in [3.05, 3.63) is 27.6 Å². The largest absolute Gasteiger partial charge is 0.384 e. The third-order valence-corrected chi connectivity index (χ3v) is 4.28. The molecule has 0 aliphatic heterocycles. The average molecular weight is 342 g/mol. The van der Waals surface area contributed by atoms with Crippen LogP contribution in [0.3, 0.4) is 0 Å². The summed E-state index contributed by atoms with van der Waals surface area (Å²) in [7, 11) is 0. The van der Waals surface area contributed by atoms with E-state index in [0.717, 1.165) is 34.4 Å². The Kier molecular flexibility index (Phi) is 4.79. The van der Waals surface area contributed by atoms with Crippen molar-refractivity contribution in [3.63, 3.8) is 0 Å². The predicted molar refractivity (Wildman–Crippen MR) is 81.7 cm³/mol. The number of halogens is 1. The zero-order chi connectivity index (χ0) is 14.7. The van der Waals surface area contributed by atoms with Crippen molar-refractivity contribution in [3.8, 4) is 0 Å². The molecule has 0 aliphatic carbocycles. The van der Waals surface area contributed by atoms with Crippen molar-refractivity contribution < 1.29 is 0 Å². The fourth-order valence-corrected chi connectivity index (χ4v) is 2.97. The summed E-state index contributed by atoms with van der Waals surface area (Å²) in [6.45, 7) is 4.97. The zero-order valence-electron chi connectivity index (χ0n) is 11.7. The lowest BCUT2D eigenvalue weighted by Gasteiger charge is -2.16. The van der Waals surface area contributed by atoms with Gasteiger partial charge in [-0.1, -0.05) is 6.92 Å². The monoisotopic (exact) mass is 341 g/mol. The van der Waals surface area contributed by atoms with Gasteiger partial charge in [0.25, 0.3) is 0 Å². The summed E-state index contributed by atoms with van der Waals surface area (Å²) in [5.74, 6) is 6.20. The summed E-state index contributed by atoms with van der Waals surface area (Å²) in [5.41, 5.74) is 11.7. The molecule has 2 heterocycles. The Morgan fingerprint density at radius 2 is 2.25 bits per heavy atom. The van der Waals surface area contributed by atoms with E-state index in [0.29, 0.717) is 12.2 Å². The molecule has 0 saturated heterocycles. The van der Waals surface area contributed by atoms with Crippen molar-refractivity contribution >= 4 is 21.7 Å². The van der Waals surface area contributed by atoms with E-state index in [1.165, 1.54) is 0 Å². The van der Waals surface area contributed by atoms with Crippen LogP contribution in [0.15, 0.2) is 10.7 Å². The molecule has 7 nitrogen and oxygen atoms in total. The molecule has 0 aliphatic rings. The number of nitrogens with zero attached hydrogens (tertiary/aromatic N) is 3. The third-order valence-electron chi connectivity index (χ3n) is 3.37. The highest BCUT2D eigenvalue weighted by Crippen LogP contribution is 2.28. The van der Waals surface area contributed by atoms with Gasteiger partial charge in [0, 0.05) is 18.5 Å². The lowest BCUT2D eigenvalue weighted by atomic mass is 10.0. The van der Waals surface area contributed by atoms with Crippen LogP contribution >= 0.6 is 15.9 Å². The number of anilines is 1. The SMILES string of the molecule is CCc1nn(CC)c(CC(NN)c2cn[nH]c2N)c1Br. The van der Waals surface area contributed by atoms with Gasteiger partial charge < -0.3 is 5.73 Å². The highest BCUT2D eigenvalue weighted by atomic mass is 79.9. The van der Waals surface area contributed by atoms with Gasteiger partial charge in [-0.3, -0.25) is 21.0 Å². The van der Waals surface area contributed by atoms with E-state index >= 15 is 0 Å². The highest BCUT2D eigenvalue weighted by Gasteiger charge is 2.21. The molecule has 0 amide bonds. The second-order valence-electron chi connectivity index (χ2n) is 4.54. The lowest BCUT2D eigenvalue weighted by Crippen LogP contribution is -2.30. The first kappa shape index (κ1) is 15.0. The molecule has 1 unspecified atom stereocenters. The van der Waals surface area contributed by atoms with Crippen molar-refractivity contribution in [1.29, 1.82) is 0 Å². The van der Waals surface area contributed by atoms with Crippen LogP contribution in [0.5, 0.6) is 0 Å². The number of aromatic nitrogens is 4. The van der Waals surface area contributed by atoms with Gasteiger partial charge in [-0.05, 0) is 29.3 Å². The summed E-state index contributed by atoms with van der Waals surface area (Å²) >= 11 is 3.64. The van der Waals surface area contributed by atoms with Crippen LogP contribution in [0.2, 0.25) is 0 Å². The predicted octanol–water partition coefficient (Wildman–Crippen LogP) is 1.28. The summed E-state index contributed by atoms with van der Waals surface area (Å²) in [6.07, 6.45) is 3.26. The van der Waals surface area contributed by atoms with Crippen LogP contribution in [0.1, 0.15) is 36.8 Å². The van der Waals surface area contributed by atoms with Crippen molar-refractivity contribution in [2.45, 2.75) is 39.3 Å². The van der Waals surface area contributed by atoms with Gasteiger partial charge in [-0.25, -0.2) is 0 Å². The molecule has 0 radical (unpaired) electrons. The fraction of sp³-hybridized carbons (Fsp3) is 0.500. The maximum Gasteiger partial charge on any atom is 0.123 e. The number of rotatable bonds is 6. The van der Waals surface area contributed by atoms with Crippen LogP contribution in [0, 0.1) is 0 Å². The number of nitrogens with two attached hydrogens (primary N) is 2. The molecule has 2 aromatic rings. The summed E-state index contributed by atoms with van der Waals surface area (Å²) in [4.78, 5) is 0. The Hall–Kier alpha value is -1.38. The molecule has 0 saturated carbocycles. The molecule has 0 aromatic carbocycles. The molecule has 6 N–H and O–H groups in total. The molecule has 8 heteroatoms. The van der Waals surface area contributed by atoms with Gasteiger partial charge in [-0.15, -0.1) is 0 Å². The summed E-state index contributed by atoms with van der Waals surface area (Å²) < 4.78 is 3.04. The Morgan fingerprint density at radius 3 is 2.75 bits per heavy atom. The number of nitrogen functional groups attached to an aromatic ring is 1. The van der Waals surface area contributed by atoms with Crippen LogP contribution in [-0.4, -0.2) is 20.0 Å². The number of aryl methyl sites for hydroxylation is 2. The van der Waals surface area contributed by atoms with E-state index in [2.05, 4.69) is 50.5 Å². The second-order valence-corrected chi connectivity index (χ2v) is 5.33. The Balaban J connectivity index is 2.32. The van der Waals surface area contributed by atoms with Gasteiger partial charge in [0.2, 0.25) is 0 Å². The fourth-order valence-electron chi connectivity index (χ4n) is 2.25. The van der Waals surface area contributed by atoms with E-state index in [4.69, 9.17) is 11.6 Å². The average Bonchev–Trinajstić information content (AvgIpc) is 3.00. The zero-order valence-corrected chi connectivity index (χ0v) is 13.2. The van der Waals surface area contributed by atoms with Crippen molar-refractivity contribution in [1.82, 2.24) is 25.4 Å². The Bertz CT molecular complexity index is 574. The first-order valence-electron chi connectivity index (χ1n) is 6.61. The number of nitrogens with one attached hydrogen (secondary N) is 2. The number of hydrogen-bond acceptors (Lipinski definition) is 5. The lowest BCUT2D eigenvalue weighted by molar-refractivity contribution is 0.517. The molecule has 0 spiro atoms. The molecule has 110 valence electrons.